The Morgan fingerprint density at radius 1 is 1.43 bits per heavy atom. The van der Waals surface area contributed by atoms with Crippen LogP contribution in [0.15, 0.2) is 4.99 Å². The Balaban J connectivity index is 1.90. The molecule has 14 heavy (non-hydrogen) atoms. The van der Waals surface area contributed by atoms with Gasteiger partial charge in [0.05, 0.1) is 6.04 Å². The van der Waals surface area contributed by atoms with E-state index in [0.717, 1.165) is 19.0 Å². The minimum Gasteiger partial charge on any atom is -0.370 e. The molecule has 1 heterocycles. The zero-order valence-electron chi connectivity index (χ0n) is 8.99. The first-order valence-electron chi connectivity index (χ1n) is 5.25. The molecule has 0 aromatic heterocycles. The highest BCUT2D eigenvalue weighted by Gasteiger charge is 2.46. The summed E-state index contributed by atoms with van der Waals surface area (Å²) in [6.45, 7) is 6.63. The second-order valence-corrected chi connectivity index (χ2v) is 6.02. The summed E-state index contributed by atoms with van der Waals surface area (Å²) in [5.41, 5.74) is 6.38. The van der Waals surface area contributed by atoms with Crippen molar-refractivity contribution in [3.05, 3.63) is 0 Å². The van der Waals surface area contributed by atoms with Gasteiger partial charge in [-0.3, -0.25) is 0 Å². The number of guanidine groups is 1. The number of aliphatic imine (C=N–C) groups is 1. The Morgan fingerprint density at radius 2 is 2.00 bits per heavy atom. The van der Waals surface area contributed by atoms with Gasteiger partial charge in [-0.1, -0.05) is 13.8 Å². The highest BCUT2D eigenvalue weighted by Crippen LogP contribution is 2.47. The zero-order valence-corrected chi connectivity index (χ0v) is 9.81. The van der Waals surface area contributed by atoms with Crippen LogP contribution < -0.4 is 5.73 Å². The maximum absolute atomic E-state index is 5.98. The van der Waals surface area contributed by atoms with Gasteiger partial charge in [-0.05, 0) is 11.8 Å². The van der Waals surface area contributed by atoms with Crippen molar-refractivity contribution in [1.29, 1.82) is 0 Å². The van der Waals surface area contributed by atoms with E-state index in [1.807, 2.05) is 11.8 Å². The summed E-state index contributed by atoms with van der Waals surface area (Å²) in [7, 11) is 0. The monoisotopic (exact) mass is 213 g/mol. The van der Waals surface area contributed by atoms with E-state index in [-0.39, 0.29) is 0 Å². The largest absolute Gasteiger partial charge is 0.370 e. The summed E-state index contributed by atoms with van der Waals surface area (Å²) in [6.07, 6.45) is 1.19. The molecule has 2 aliphatic rings. The van der Waals surface area contributed by atoms with Crippen LogP contribution in [-0.2, 0) is 0 Å². The average molecular weight is 213 g/mol. The minimum atomic E-state index is 0.398. The number of nitrogens with two attached hydrogens (primary N) is 1. The Morgan fingerprint density at radius 3 is 2.50 bits per heavy atom. The van der Waals surface area contributed by atoms with Crippen LogP contribution in [0.4, 0.5) is 0 Å². The van der Waals surface area contributed by atoms with Crippen molar-refractivity contribution in [3.63, 3.8) is 0 Å². The van der Waals surface area contributed by atoms with Gasteiger partial charge in [0.15, 0.2) is 5.96 Å². The quantitative estimate of drug-likeness (QED) is 0.525. The average Bonchev–Trinajstić information content (AvgIpc) is 2.75. The fourth-order valence-electron chi connectivity index (χ4n) is 1.69. The first kappa shape index (κ1) is 10.1. The van der Waals surface area contributed by atoms with E-state index < -0.39 is 0 Å². The minimum absolute atomic E-state index is 0.398. The summed E-state index contributed by atoms with van der Waals surface area (Å²) >= 11 is 2.00. The molecule has 1 atom stereocenters. The highest BCUT2D eigenvalue weighted by atomic mass is 32.2. The number of thioether (sulfide) groups is 1. The number of hydrogen-bond acceptors (Lipinski definition) is 2. The van der Waals surface area contributed by atoms with Crippen molar-refractivity contribution in [3.8, 4) is 0 Å². The molecule has 2 N–H and O–H groups in total. The van der Waals surface area contributed by atoms with Crippen LogP contribution in [0, 0.1) is 5.41 Å². The third-order valence-electron chi connectivity index (χ3n) is 3.08. The fraction of sp³-hybridized carbons (Fsp3) is 0.900. The SMILES string of the molecule is CC1(C)C[C@@H]1N=C(N)N1CCSCC1. The standard InChI is InChI=1S/C10H19N3S/c1-10(2)7-8(10)12-9(11)13-3-5-14-6-4-13/h8H,3-7H2,1-2H3,(H2,11,12)/t8-/m0/s1. The van der Waals surface area contributed by atoms with Crippen LogP contribution in [0.2, 0.25) is 0 Å². The predicted molar refractivity (Wildman–Crippen MR) is 62.7 cm³/mol. The smallest absolute Gasteiger partial charge is 0.191 e. The van der Waals surface area contributed by atoms with Crippen LogP contribution >= 0.6 is 11.8 Å². The first-order valence-corrected chi connectivity index (χ1v) is 6.41. The topological polar surface area (TPSA) is 41.6 Å². The third kappa shape index (κ3) is 2.16. The fourth-order valence-corrected chi connectivity index (χ4v) is 2.60. The molecule has 2 fully saturated rings. The normalized spacial score (nSPS) is 31.7. The van der Waals surface area contributed by atoms with Crippen molar-refractivity contribution in [2.24, 2.45) is 16.1 Å². The molecular weight excluding hydrogens is 194 g/mol. The van der Waals surface area contributed by atoms with Gasteiger partial charge in [0, 0.05) is 24.6 Å². The van der Waals surface area contributed by atoms with Crippen molar-refractivity contribution in [1.82, 2.24) is 4.90 Å². The van der Waals surface area contributed by atoms with Crippen LogP contribution in [0.5, 0.6) is 0 Å². The Hall–Kier alpha value is -0.380. The van der Waals surface area contributed by atoms with Gasteiger partial charge < -0.3 is 10.6 Å². The van der Waals surface area contributed by atoms with Crippen molar-refractivity contribution >= 4 is 17.7 Å². The second-order valence-electron chi connectivity index (χ2n) is 4.80. The predicted octanol–water partition coefficient (Wildman–Crippen LogP) is 1.15. The van der Waals surface area contributed by atoms with Gasteiger partial charge >= 0.3 is 0 Å². The molecular formula is C10H19N3S. The Labute approximate surface area is 90.1 Å². The lowest BCUT2D eigenvalue weighted by molar-refractivity contribution is 0.453. The molecule has 0 aromatic rings. The van der Waals surface area contributed by atoms with Crippen LogP contribution in [0.1, 0.15) is 20.3 Å². The number of rotatable bonds is 1. The molecule has 1 aliphatic carbocycles. The molecule has 3 nitrogen and oxygen atoms in total. The lowest BCUT2D eigenvalue weighted by Crippen LogP contribution is -2.42. The van der Waals surface area contributed by atoms with Crippen molar-refractivity contribution in [2.45, 2.75) is 26.3 Å². The van der Waals surface area contributed by atoms with E-state index in [1.165, 1.54) is 17.9 Å². The van der Waals surface area contributed by atoms with Gasteiger partial charge in [-0.25, -0.2) is 4.99 Å². The summed E-state index contributed by atoms with van der Waals surface area (Å²) in [5, 5.41) is 0. The Bertz CT molecular complexity index is 244. The van der Waals surface area contributed by atoms with E-state index in [2.05, 4.69) is 23.7 Å². The second kappa shape index (κ2) is 3.65. The molecule has 80 valence electrons. The number of hydrogen-bond donors (Lipinski definition) is 1. The van der Waals surface area contributed by atoms with Crippen molar-refractivity contribution < 1.29 is 0 Å². The van der Waals surface area contributed by atoms with Gasteiger partial charge in [-0.15, -0.1) is 0 Å². The summed E-state index contributed by atoms with van der Waals surface area (Å²) < 4.78 is 0. The molecule has 0 amide bonds. The van der Waals surface area contributed by atoms with Crippen LogP contribution in [-0.4, -0.2) is 41.5 Å². The highest BCUT2D eigenvalue weighted by molar-refractivity contribution is 7.99. The summed E-state index contributed by atoms with van der Waals surface area (Å²) in [5.74, 6) is 3.13. The van der Waals surface area contributed by atoms with E-state index in [1.54, 1.807) is 0 Å². The zero-order chi connectivity index (χ0) is 10.2. The molecule has 1 saturated carbocycles. The van der Waals surface area contributed by atoms with Crippen LogP contribution in [0.25, 0.3) is 0 Å². The molecule has 0 bridgehead atoms. The van der Waals surface area contributed by atoms with Crippen LogP contribution in [0.3, 0.4) is 0 Å². The van der Waals surface area contributed by atoms with E-state index in [9.17, 15) is 0 Å². The lowest BCUT2D eigenvalue weighted by atomic mass is 10.2. The maximum atomic E-state index is 5.98. The lowest BCUT2D eigenvalue weighted by Gasteiger charge is -2.27. The third-order valence-corrected chi connectivity index (χ3v) is 4.03. The van der Waals surface area contributed by atoms with E-state index in [4.69, 9.17) is 5.73 Å². The summed E-state index contributed by atoms with van der Waals surface area (Å²) in [4.78, 5) is 6.79. The van der Waals surface area contributed by atoms with Gasteiger partial charge in [0.25, 0.3) is 0 Å². The summed E-state index contributed by atoms with van der Waals surface area (Å²) in [6, 6.07) is 0.470. The molecule has 0 aromatic carbocycles. The van der Waals surface area contributed by atoms with E-state index in [0.29, 0.717) is 11.5 Å². The van der Waals surface area contributed by atoms with E-state index >= 15 is 0 Å². The molecule has 2 rings (SSSR count). The molecule has 1 aliphatic heterocycles. The number of nitrogens with zero attached hydrogens (tertiary/aromatic N) is 2. The van der Waals surface area contributed by atoms with Crippen molar-refractivity contribution in [2.75, 3.05) is 24.6 Å². The maximum Gasteiger partial charge on any atom is 0.191 e. The molecule has 4 heteroatoms. The Kier molecular flexibility index (Phi) is 2.64. The molecule has 1 saturated heterocycles. The van der Waals surface area contributed by atoms with Gasteiger partial charge in [-0.2, -0.15) is 11.8 Å². The van der Waals surface area contributed by atoms with Gasteiger partial charge in [0.2, 0.25) is 0 Å². The molecule has 0 radical (unpaired) electrons. The molecule has 0 spiro atoms. The van der Waals surface area contributed by atoms with Gasteiger partial charge in [0.1, 0.15) is 0 Å². The molecule has 0 unspecified atom stereocenters. The first-order chi connectivity index (χ1) is 6.59.